The summed E-state index contributed by atoms with van der Waals surface area (Å²) in [6.45, 7) is 0. The standard InChI is InChI=1S/C18H17Cl2NOS/c19-11-7-6-10(9-12(11)20)16-17-13(3-1-5-15(17)22)21-14-4-2-8-23-18(14)16/h6-7,9,16,18H,1-5,8H2. The van der Waals surface area contributed by atoms with Gasteiger partial charge in [-0.15, -0.1) is 0 Å². The van der Waals surface area contributed by atoms with Crippen molar-refractivity contribution < 1.29 is 4.79 Å². The molecule has 0 N–H and O–H groups in total. The number of aliphatic imine (C=N–C) groups is 1. The second-order valence-electron chi connectivity index (χ2n) is 6.29. The number of hydrogen-bond donors (Lipinski definition) is 0. The Kier molecular flexibility index (Phi) is 4.29. The third kappa shape index (κ3) is 2.77. The zero-order valence-electron chi connectivity index (χ0n) is 12.6. The monoisotopic (exact) mass is 365 g/mol. The van der Waals surface area contributed by atoms with Crippen molar-refractivity contribution in [2.75, 3.05) is 5.75 Å². The highest BCUT2D eigenvalue weighted by Crippen LogP contribution is 2.47. The van der Waals surface area contributed by atoms with Crippen LogP contribution in [0.2, 0.25) is 10.0 Å². The van der Waals surface area contributed by atoms with Crippen molar-refractivity contribution in [3.63, 3.8) is 0 Å². The molecular weight excluding hydrogens is 349 g/mol. The quantitative estimate of drug-likeness (QED) is 0.663. The molecule has 0 radical (unpaired) electrons. The van der Waals surface area contributed by atoms with Crippen LogP contribution in [0.15, 0.2) is 34.5 Å². The van der Waals surface area contributed by atoms with Crippen LogP contribution < -0.4 is 0 Å². The van der Waals surface area contributed by atoms with Crippen LogP contribution in [0.25, 0.3) is 0 Å². The molecule has 2 aliphatic heterocycles. The predicted molar refractivity (Wildman–Crippen MR) is 98.0 cm³/mol. The van der Waals surface area contributed by atoms with Crippen LogP contribution in [0.1, 0.15) is 43.6 Å². The van der Waals surface area contributed by atoms with E-state index < -0.39 is 0 Å². The first-order valence-corrected chi connectivity index (χ1v) is 9.86. The van der Waals surface area contributed by atoms with Gasteiger partial charge in [0.05, 0.1) is 15.3 Å². The third-order valence-corrected chi connectivity index (χ3v) is 6.99. The number of Topliss-reactive ketones (excluding diaryl/α,β-unsaturated/α-hetero) is 1. The van der Waals surface area contributed by atoms with Crippen LogP contribution in [0.4, 0.5) is 0 Å². The average molecular weight is 366 g/mol. The second kappa shape index (κ2) is 6.27. The minimum absolute atomic E-state index is 0.0744. The zero-order chi connectivity index (χ0) is 16.0. The molecule has 1 aliphatic carbocycles. The Balaban J connectivity index is 1.86. The Morgan fingerprint density at radius 2 is 1.96 bits per heavy atom. The van der Waals surface area contributed by atoms with E-state index in [-0.39, 0.29) is 17.0 Å². The largest absolute Gasteiger partial charge is 0.294 e. The highest BCUT2D eigenvalue weighted by atomic mass is 35.5. The van der Waals surface area contributed by atoms with E-state index in [2.05, 4.69) is 0 Å². The van der Waals surface area contributed by atoms with Gasteiger partial charge in [-0.1, -0.05) is 29.3 Å². The number of carbonyl (C=O) groups excluding carboxylic acids is 1. The summed E-state index contributed by atoms with van der Waals surface area (Å²) in [5.74, 6) is 1.46. The van der Waals surface area contributed by atoms with Crippen molar-refractivity contribution in [2.45, 2.75) is 43.3 Å². The van der Waals surface area contributed by atoms with Crippen molar-refractivity contribution in [3.8, 4) is 0 Å². The molecule has 1 aromatic carbocycles. The van der Waals surface area contributed by atoms with E-state index in [0.717, 1.165) is 41.8 Å². The van der Waals surface area contributed by atoms with Crippen LogP contribution in [0, 0.1) is 0 Å². The summed E-state index contributed by atoms with van der Waals surface area (Å²) in [4.78, 5) is 17.5. The predicted octanol–water partition coefficient (Wildman–Crippen LogP) is 5.43. The molecule has 1 fully saturated rings. The molecule has 120 valence electrons. The third-order valence-electron chi connectivity index (χ3n) is 4.83. The molecule has 0 bridgehead atoms. The molecule has 3 aliphatic rings. The molecule has 5 heteroatoms. The van der Waals surface area contributed by atoms with Gasteiger partial charge in [-0.25, -0.2) is 0 Å². The van der Waals surface area contributed by atoms with Crippen LogP contribution in [-0.4, -0.2) is 22.5 Å². The van der Waals surface area contributed by atoms with Crippen LogP contribution in [0.5, 0.6) is 0 Å². The molecule has 2 unspecified atom stereocenters. The van der Waals surface area contributed by atoms with Gasteiger partial charge in [0.2, 0.25) is 0 Å². The normalized spacial score (nSPS) is 27.4. The van der Waals surface area contributed by atoms with Crippen LogP contribution >= 0.6 is 35.0 Å². The van der Waals surface area contributed by atoms with Crippen LogP contribution in [0.3, 0.4) is 0 Å². The highest BCUT2D eigenvalue weighted by molar-refractivity contribution is 8.00. The van der Waals surface area contributed by atoms with Crippen molar-refractivity contribution in [3.05, 3.63) is 45.1 Å². The first-order chi connectivity index (χ1) is 11.1. The summed E-state index contributed by atoms with van der Waals surface area (Å²) in [7, 11) is 0. The molecule has 1 saturated heterocycles. The number of rotatable bonds is 1. The molecule has 0 spiro atoms. The molecule has 23 heavy (non-hydrogen) atoms. The maximum Gasteiger partial charge on any atom is 0.161 e. The van der Waals surface area contributed by atoms with E-state index in [1.807, 2.05) is 30.0 Å². The molecule has 2 nitrogen and oxygen atoms in total. The lowest BCUT2D eigenvalue weighted by Crippen LogP contribution is -2.36. The van der Waals surface area contributed by atoms with E-state index >= 15 is 0 Å². The van der Waals surface area contributed by atoms with Crippen LogP contribution in [-0.2, 0) is 4.79 Å². The topological polar surface area (TPSA) is 29.4 Å². The minimum atomic E-state index is 0.0744. The lowest BCUT2D eigenvalue weighted by Gasteiger charge is -2.38. The fourth-order valence-corrected chi connectivity index (χ4v) is 5.52. The molecular formula is C18H17Cl2NOS. The average Bonchev–Trinajstić information content (AvgIpc) is 2.56. The molecule has 0 amide bonds. The van der Waals surface area contributed by atoms with Gasteiger partial charge < -0.3 is 0 Å². The molecule has 0 aromatic heterocycles. The maximum atomic E-state index is 12.6. The number of allylic oxidation sites excluding steroid dienone is 2. The molecule has 0 saturated carbocycles. The number of carbonyl (C=O) groups is 1. The molecule has 1 aromatic rings. The summed E-state index contributed by atoms with van der Waals surface area (Å²) in [6, 6.07) is 5.79. The first kappa shape index (κ1) is 15.7. The van der Waals surface area contributed by atoms with Gasteiger partial charge in [0.1, 0.15) is 0 Å². The minimum Gasteiger partial charge on any atom is -0.294 e. The van der Waals surface area contributed by atoms with Crippen molar-refractivity contribution >= 4 is 46.5 Å². The van der Waals surface area contributed by atoms with Gasteiger partial charge in [-0.2, -0.15) is 11.8 Å². The Morgan fingerprint density at radius 3 is 2.78 bits per heavy atom. The fourth-order valence-electron chi connectivity index (χ4n) is 3.80. The van der Waals surface area contributed by atoms with E-state index in [0.29, 0.717) is 16.5 Å². The van der Waals surface area contributed by atoms with Crippen molar-refractivity contribution in [2.24, 2.45) is 4.99 Å². The van der Waals surface area contributed by atoms with E-state index in [1.54, 1.807) is 0 Å². The fraction of sp³-hybridized carbons (Fsp3) is 0.444. The highest BCUT2D eigenvalue weighted by Gasteiger charge is 2.41. The Labute approximate surface area is 150 Å². The number of benzene rings is 1. The summed E-state index contributed by atoms with van der Waals surface area (Å²) in [5, 5.41) is 1.38. The van der Waals surface area contributed by atoms with Gasteiger partial charge in [-0.3, -0.25) is 9.79 Å². The number of hydrogen-bond acceptors (Lipinski definition) is 3. The van der Waals surface area contributed by atoms with E-state index in [9.17, 15) is 4.79 Å². The Morgan fingerprint density at radius 1 is 1.09 bits per heavy atom. The summed E-state index contributed by atoms with van der Waals surface area (Å²) < 4.78 is 0. The van der Waals surface area contributed by atoms with E-state index in [1.165, 1.54) is 12.1 Å². The van der Waals surface area contributed by atoms with Gasteiger partial charge in [-0.05, 0) is 49.1 Å². The number of ketones is 1. The Bertz CT molecular complexity index is 741. The number of halogens is 2. The smallest absolute Gasteiger partial charge is 0.161 e. The molecule has 2 heterocycles. The summed E-state index contributed by atoms with van der Waals surface area (Å²) >= 11 is 14.3. The number of fused-ring (bicyclic) bond motifs is 1. The van der Waals surface area contributed by atoms with Gasteiger partial charge in [0, 0.05) is 29.3 Å². The lowest BCUT2D eigenvalue weighted by molar-refractivity contribution is -0.116. The SMILES string of the molecule is O=C1CCCC2=C1C(c1ccc(Cl)c(Cl)c1)C1SCCCC1=N2. The van der Waals surface area contributed by atoms with Gasteiger partial charge in [0.15, 0.2) is 5.78 Å². The van der Waals surface area contributed by atoms with E-state index in [4.69, 9.17) is 28.2 Å². The maximum absolute atomic E-state index is 12.6. The zero-order valence-corrected chi connectivity index (χ0v) is 15.0. The number of thioether (sulfide) groups is 1. The Hall–Kier alpha value is -0.770. The van der Waals surface area contributed by atoms with Crippen molar-refractivity contribution in [1.29, 1.82) is 0 Å². The molecule has 2 atom stereocenters. The number of nitrogens with zero attached hydrogens (tertiary/aromatic N) is 1. The molecule has 4 rings (SSSR count). The summed E-state index contributed by atoms with van der Waals surface area (Å²) in [6.07, 6.45) is 4.68. The summed E-state index contributed by atoms with van der Waals surface area (Å²) in [5.41, 5.74) is 4.29. The lowest BCUT2D eigenvalue weighted by atomic mass is 9.76. The van der Waals surface area contributed by atoms with Crippen molar-refractivity contribution in [1.82, 2.24) is 0 Å². The van der Waals surface area contributed by atoms with Gasteiger partial charge in [0.25, 0.3) is 0 Å². The van der Waals surface area contributed by atoms with Gasteiger partial charge >= 0.3 is 0 Å². The first-order valence-electron chi connectivity index (χ1n) is 8.05. The second-order valence-corrected chi connectivity index (χ2v) is 8.35.